The molecule has 4 atom stereocenters. The van der Waals surface area contributed by atoms with Gasteiger partial charge in [-0.25, -0.2) is 0 Å². The van der Waals surface area contributed by atoms with E-state index in [4.69, 9.17) is 4.74 Å². The number of hydrogen-bond donors (Lipinski definition) is 2. The Morgan fingerprint density at radius 3 is 2.72 bits per heavy atom. The number of pyridine rings is 2. The van der Waals surface area contributed by atoms with Crippen LogP contribution in [0, 0.1) is 25.2 Å². The number of piperidine rings is 1. The molecule has 0 bridgehead atoms. The van der Waals surface area contributed by atoms with Crippen LogP contribution >= 0.6 is 0 Å². The van der Waals surface area contributed by atoms with Gasteiger partial charge >= 0.3 is 0 Å². The van der Waals surface area contributed by atoms with E-state index < -0.39 is 6.10 Å². The molecular weight excluding hydrogens is 452 g/mol. The predicted octanol–water partition coefficient (Wildman–Crippen LogP) is 2.94. The number of nitrogens with zero attached hydrogens (tertiary/aromatic N) is 5. The van der Waals surface area contributed by atoms with E-state index in [1.807, 2.05) is 38.1 Å². The third kappa shape index (κ3) is 5.14. The second-order valence-electron chi connectivity index (χ2n) is 10.0. The number of nitrogens with one attached hydrogen (secondary N) is 1. The molecule has 0 spiro atoms. The van der Waals surface area contributed by atoms with E-state index in [2.05, 4.69) is 50.2 Å². The molecule has 5 rings (SSSR count). The van der Waals surface area contributed by atoms with Crippen LogP contribution in [0.4, 0.5) is 11.4 Å². The first-order valence-electron chi connectivity index (χ1n) is 12.7. The van der Waals surface area contributed by atoms with E-state index in [0.29, 0.717) is 12.1 Å². The summed E-state index contributed by atoms with van der Waals surface area (Å²) < 4.78 is 6.29. The largest absolute Gasteiger partial charge is 0.391 e. The van der Waals surface area contributed by atoms with Gasteiger partial charge < -0.3 is 25.0 Å². The first-order valence-corrected chi connectivity index (χ1v) is 12.7. The SMILES string of the molecule is Cc1cc(N2CCC(O)C(NC[C@H]3CN(c4ccc(C#N)c5ncccc45)C[C@@H](C)O3)C2)cc(C)n1. The van der Waals surface area contributed by atoms with Crippen molar-refractivity contribution in [1.29, 1.82) is 5.26 Å². The zero-order valence-electron chi connectivity index (χ0n) is 21.2. The van der Waals surface area contributed by atoms with Crippen LogP contribution < -0.4 is 15.1 Å². The van der Waals surface area contributed by atoms with Gasteiger partial charge in [0, 0.05) is 67.1 Å². The molecule has 4 heterocycles. The summed E-state index contributed by atoms with van der Waals surface area (Å²) in [5.41, 5.74) is 5.58. The molecule has 0 saturated carbocycles. The first-order chi connectivity index (χ1) is 17.4. The zero-order valence-corrected chi connectivity index (χ0v) is 21.2. The molecule has 0 amide bonds. The lowest BCUT2D eigenvalue weighted by Crippen LogP contribution is -2.57. The molecule has 8 heteroatoms. The van der Waals surface area contributed by atoms with E-state index in [0.717, 1.165) is 66.3 Å². The Kier molecular flexibility index (Phi) is 7.06. The van der Waals surface area contributed by atoms with Crippen molar-refractivity contribution in [3.63, 3.8) is 0 Å². The summed E-state index contributed by atoms with van der Waals surface area (Å²) in [6.07, 6.45) is 2.09. The summed E-state index contributed by atoms with van der Waals surface area (Å²) in [7, 11) is 0. The van der Waals surface area contributed by atoms with Gasteiger partial charge in [0.2, 0.25) is 0 Å². The van der Waals surface area contributed by atoms with Gasteiger partial charge in [-0.05, 0) is 63.6 Å². The fourth-order valence-electron chi connectivity index (χ4n) is 5.53. The summed E-state index contributed by atoms with van der Waals surface area (Å²) in [6, 6.07) is 14.3. The molecule has 1 aromatic carbocycles. The second kappa shape index (κ2) is 10.4. The van der Waals surface area contributed by atoms with Crippen LogP contribution in [-0.4, -0.2) is 72.2 Å². The van der Waals surface area contributed by atoms with Gasteiger partial charge in [-0.1, -0.05) is 0 Å². The number of fused-ring (bicyclic) bond motifs is 1. The predicted molar refractivity (Wildman–Crippen MR) is 141 cm³/mol. The molecule has 2 saturated heterocycles. The minimum Gasteiger partial charge on any atom is -0.391 e. The van der Waals surface area contributed by atoms with Gasteiger partial charge in [0.1, 0.15) is 6.07 Å². The average Bonchev–Trinajstić information content (AvgIpc) is 2.86. The summed E-state index contributed by atoms with van der Waals surface area (Å²) in [5, 5.41) is 24.8. The third-order valence-corrected chi connectivity index (χ3v) is 7.15. The Morgan fingerprint density at radius 1 is 1.14 bits per heavy atom. The minimum atomic E-state index is -0.393. The van der Waals surface area contributed by atoms with E-state index in [-0.39, 0.29) is 18.2 Å². The van der Waals surface area contributed by atoms with Crippen LogP contribution in [0.25, 0.3) is 10.9 Å². The monoisotopic (exact) mass is 486 g/mol. The van der Waals surface area contributed by atoms with Crippen molar-refractivity contribution >= 4 is 22.3 Å². The number of aliphatic hydroxyl groups excluding tert-OH is 1. The Bertz CT molecular complexity index is 1250. The standard InChI is InChI=1S/C28H34N6O2/c1-18-11-22(12-19(2)32-18)33-10-8-27(35)25(17-33)31-14-23-16-34(15-20(3)36-23)26-7-6-21(13-29)28-24(26)5-4-9-30-28/h4-7,9,11-12,20,23,25,27,31,35H,8,10,14-17H2,1-3H3/t20-,23+,25?,27?/m1/s1. The van der Waals surface area contributed by atoms with Gasteiger partial charge in [0.25, 0.3) is 0 Å². The number of anilines is 2. The zero-order chi connectivity index (χ0) is 25.2. The molecule has 188 valence electrons. The Morgan fingerprint density at radius 2 is 1.94 bits per heavy atom. The topological polar surface area (TPSA) is 97.5 Å². The molecule has 2 fully saturated rings. The number of aryl methyl sites for hydroxylation is 2. The first kappa shape index (κ1) is 24.4. The van der Waals surface area contributed by atoms with Gasteiger partial charge in [0.05, 0.1) is 35.4 Å². The molecule has 2 unspecified atom stereocenters. The maximum absolute atomic E-state index is 10.7. The average molecular weight is 487 g/mol. The van der Waals surface area contributed by atoms with E-state index >= 15 is 0 Å². The molecule has 2 N–H and O–H groups in total. The number of benzene rings is 1. The van der Waals surface area contributed by atoms with Crippen molar-refractivity contribution in [1.82, 2.24) is 15.3 Å². The Labute approximate surface area is 212 Å². The van der Waals surface area contributed by atoms with Gasteiger partial charge in [-0.3, -0.25) is 9.97 Å². The van der Waals surface area contributed by atoms with Crippen molar-refractivity contribution in [3.8, 4) is 6.07 Å². The van der Waals surface area contributed by atoms with E-state index in [1.54, 1.807) is 6.20 Å². The number of aliphatic hydroxyl groups is 1. The Hall–Kier alpha value is -3.25. The maximum atomic E-state index is 10.7. The number of nitriles is 1. The van der Waals surface area contributed by atoms with Crippen LogP contribution in [0.2, 0.25) is 0 Å². The highest BCUT2D eigenvalue weighted by Crippen LogP contribution is 2.30. The van der Waals surface area contributed by atoms with Gasteiger partial charge in [-0.2, -0.15) is 5.26 Å². The van der Waals surface area contributed by atoms with Gasteiger partial charge in [0.15, 0.2) is 0 Å². The molecule has 3 aromatic rings. The maximum Gasteiger partial charge on any atom is 0.101 e. The summed E-state index contributed by atoms with van der Waals surface area (Å²) in [6.45, 7) is 9.84. The normalized spacial score (nSPS) is 24.6. The lowest BCUT2D eigenvalue weighted by atomic mass is 10.0. The minimum absolute atomic E-state index is 0.0240. The number of morpholine rings is 1. The molecule has 0 radical (unpaired) electrons. The van der Waals surface area contributed by atoms with Crippen molar-refractivity contribution in [3.05, 3.63) is 59.5 Å². The molecule has 2 aliphatic heterocycles. The van der Waals surface area contributed by atoms with Crippen molar-refractivity contribution in [2.24, 2.45) is 0 Å². The lowest BCUT2D eigenvalue weighted by molar-refractivity contribution is -0.0187. The van der Waals surface area contributed by atoms with Crippen LogP contribution in [0.1, 0.15) is 30.3 Å². The van der Waals surface area contributed by atoms with Crippen molar-refractivity contribution in [2.75, 3.05) is 42.5 Å². The number of aromatic nitrogens is 2. The van der Waals surface area contributed by atoms with E-state index in [1.165, 1.54) is 0 Å². The number of ether oxygens (including phenoxy) is 1. The van der Waals surface area contributed by atoms with Gasteiger partial charge in [-0.15, -0.1) is 0 Å². The molecular formula is C28H34N6O2. The van der Waals surface area contributed by atoms with Crippen LogP contribution in [-0.2, 0) is 4.74 Å². The fourth-order valence-corrected chi connectivity index (χ4v) is 5.53. The Balaban J connectivity index is 1.28. The fraction of sp³-hybridized carbons (Fsp3) is 0.464. The summed E-state index contributed by atoms with van der Waals surface area (Å²) >= 11 is 0. The highest BCUT2D eigenvalue weighted by molar-refractivity contribution is 5.95. The van der Waals surface area contributed by atoms with Crippen LogP contribution in [0.15, 0.2) is 42.6 Å². The highest BCUT2D eigenvalue weighted by Gasteiger charge is 2.31. The van der Waals surface area contributed by atoms with Crippen molar-refractivity contribution < 1.29 is 9.84 Å². The summed E-state index contributed by atoms with van der Waals surface area (Å²) in [4.78, 5) is 13.6. The van der Waals surface area contributed by atoms with Crippen molar-refractivity contribution in [2.45, 2.75) is 51.5 Å². The lowest BCUT2D eigenvalue weighted by Gasteiger charge is -2.41. The molecule has 2 aliphatic rings. The van der Waals surface area contributed by atoms with E-state index in [9.17, 15) is 10.4 Å². The molecule has 2 aromatic heterocycles. The molecule has 0 aliphatic carbocycles. The quantitative estimate of drug-likeness (QED) is 0.568. The summed E-state index contributed by atoms with van der Waals surface area (Å²) in [5.74, 6) is 0. The second-order valence-corrected chi connectivity index (χ2v) is 10.0. The third-order valence-electron chi connectivity index (χ3n) is 7.15. The highest BCUT2D eigenvalue weighted by atomic mass is 16.5. The van der Waals surface area contributed by atoms with Crippen LogP contribution in [0.3, 0.4) is 0 Å². The molecule has 36 heavy (non-hydrogen) atoms. The van der Waals surface area contributed by atoms with Crippen LogP contribution in [0.5, 0.6) is 0 Å². The number of hydrogen-bond acceptors (Lipinski definition) is 8. The number of rotatable bonds is 5. The molecule has 8 nitrogen and oxygen atoms in total. The smallest absolute Gasteiger partial charge is 0.101 e.